The maximum atomic E-state index is 8.65. The van der Waals surface area contributed by atoms with Gasteiger partial charge in [0.2, 0.25) is 0 Å². The molecule has 4 heteroatoms. The van der Waals surface area contributed by atoms with Gasteiger partial charge in [0.05, 0.1) is 13.2 Å². The van der Waals surface area contributed by atoms with Crippen molar-refractivity contribution in [2.75, 3.05) is 40.1 Å². The fraction of sp³-hybridized carbons (Fsp3) is 1.00. The lowest BCUT2D eigenvalue weighted by Crippen LogP contribution is -2.27. The number of rotatable bonds is 11. The standard InChI is InChI=1S/C11H25NO3/c1-11(5-3-7-13)12-6-4-8-15-10-9-14-2/h11-13H,3-10H2,1-2H3. The quantitative estimate of drug-likeness (QED) is 0.504. The van der Waals surface area contributed by atoms with E-state index in [0.29, 0.717) is 19.3 Å². The predicted octanol–water partition coefficient (Wildman–Crippen LogP) is 0.790. The van der Waals surface area contributed by atoms with Crippen LogP contribution >= 0.6 is 0 Å². The number of aliphatic hydroxyl groups excluding tert-OH is 1. The predicted molar refractivity (Wildman–Crippen MR) is 61.1 cm³/mol. The molecule has 15 heavy (non-hydrogen) atoms. The molecule has 92 valence electrons. The molecular weight excluding hydrogens is 194 g/mol. The molecule has 0 aromatic heterocycles. The highest BCUT2D eigenvalue weighted by molar-refractivity contribution is 4.59. The highest BCUT2D eigenvalue weighted by atomic mass is 16.5. The van der Waals surface area contributed by atoms with E-state index in [1.807, 2.05) is 0 Å². The van der Waals surface area contributed by atoms with E-state index in [-0.39, 0.29) is 6.61 Å². The minimum Gasteiger partial charge on any atom is -0.396 e. The number of hydrogen-bond donors (Lipinski definition) is 2. The summed E-state index contributed by atoms with van der Waals surface area (Å²) in [6.45, 7) is 5.52. The summed E-state index contributed by atoms with van der Waals surface area (Å²) in [5.41, 5.74) is 0. The summed E-state index contributed by atoms with van der Waals surface area (Å²) in [4.78, 5) is 0. The molecule has 0 bridgehead atoms. The van der Waals surface area contributed by atoms with Crippen LogP contribution in [-0.4, -0.2) is 51.2 Å². The van der Waals surface area contributed by atoms with Gasteiger partial charge in [0.15, 0.2) is 0 Å². The maximum Gasteiger partial charge on any atom is 0.0700 e. The summed E-state index contributed by atoms with van der Waals surface area (Å²) < 4.78 is 10.2. The van der Waals surface area contributed by atoms with Crippen LogP contribution in [0.4, 0.5) is 0 Å². The molecule has 0 heterocycles. The molecule has 0 fully saturated rings. The van der Waals surface area contributed by atoms with Crippen LogP contribution in [0, 0.1) is 0 Å². The second-order valence-corrected chi connectivity index (χ2v) is 3.68. The van der Waals surface area contributed by atoms with Gasteiger partial charge < -0.3 is 19.9 Å². The van der Waals surface area contributed by atoms with E-state index in [1.54, 1.807) is 7.11 Å². The van der Waals surface area contributed by atoms with E-state index in [4.69, 9.17) is 14.6 Å². The minimum atomic E-state index is 0.284. The number of aliphatic hydroxyl groups is 1. The summed E-state index contributed by atoms with van der Waals surface area (Å²) in [6.07, 6.45) is 2.92. The minimum absolute atomic E-state index is 0.284. The van der Waals surface area contributed by atoms with Gasteiger partial charge in [0.25, 0.3) is 0 Å². The highest BCUT2D eigenvalue weighted by Crippen LogP contribution is 1.95. The highest BCUT2D eigenvalue weighted by Gasteiger charge is 1.99. The Hall–Kier alpha value is -0.160. The summed E-state index contributed by atoms with van der Waals surface area (Å²) in [6, 6.07) is 0.483. The molecule has 1 atom stereocenters. The van der Waals surface area contributed by atoms with Crippen molar-refractivity contribution >= 4 is 0 Å². The number of hydrogen-bond acceptors (Lipinski definition) is 4. The molecule has 0 saturated heterocycles. The first-order valence-corrected chi connectivity index (χ1v) is 5.72. The molecule has 2 N–H and O–H groups in total. The zero-order valence-electron chi connectivity index (χ0n) is 10.00. The average Bonchev–Trinajstić information content (AvgIpc) is 2.25. The first-order chi connectivity index (χ1) is 7.31. The Morgan fingerprint density at radius 3 is 2.67 bits per heavy atom. The molecule has 4 nitrogen and oxygen atoms in total. The van der Waals surface area contributed by atoms with E-state index in [2.05, 4.69) is 12.2 Å². The first-order valence-electron chi connectivity index (χ1n) is 5.72. The van der Waals surface area contributed by atoms with Gasteiger partial charge in [-0.25, -0.2) is 0 Å². The Morgan fingerprint density at radius 2 is 2.00 bits per heavy atom. The lowest BCUT2D eigenvalue weighted by Gasteiger charge is -2.12. The smallest absolute Gasteiger partial charge is 0.0700 e. The topological polar surface area (TPSA) is 50.7 Å². The van der Waals surface area contributed by atoms with Crippen molar-refractivity contribution in [3.8, 4) is 0 Å². The summed E-state index contributed by atoms with van der Waals surface area (Å²) >= 11 is 0. The van der Waals surface area contributed by atoms with Gasteiger partial charge in [-0.05, 0) is 32.7 Å². The van der Waals surface area contributed by atoms with Crippen molar-refractivity contribution in [1.82, 2.24) is 5.32 Å². The third-order valence-corrected chi connectivity index (χ3v) is 2.19. The Balaban J connectivity index is 3.02. The van der Waals surface area contributed by atoms with E-state index in [9.17, 15) is 0 Å². The van der Waals surface area contributed by atoms with Crippen LogP contribution in [0.3, 0.4) is 0 Å². The fourth-order valence-corrected chi connectivity index (χ4v) is 1.27. The molecule has 0 aromatic rings. The van der Waals surface area contributed by atoms with Gasteiger partial charge in [-0.1, -0.05) is 0 Å². The largest absolute Gasteiger partial charge is 0.396 e. The zero-order valence-corrected chi connectivity index (χ0v) is 10.00. The van der Waals surface area contributed by atoms with Crippen molar-refractivity contribution < 1.29 is 14.6 Å². The Morgan fingerprint density at radius 1 is 1.20 bits per heavy atom. The molecule has 0 aromatic carbocycles. The van der Waals surface area contributed by atoms with Gasteiger partial charge in [-0.2, -0.15) is 0 Å². The lowest BCUT2D eigenvalue weighted by molar-refractivity contribution is 0.0692. The van der Waals surface area contributed by atoms with E-state index >= 15 is 0 Å². The average molecular weight is 219 g/mol. The van der Waals surface area contributed by atoms with Crippen LogP contribution in [0.1, 0.15) is 26.2 Å². The van der Waals surface area contributed by atoms with Crippen molar-refractivity contribution in [3.63, 3.8) is 0 Å². The van der Waals surface area contributed by atoms with Gasteiger partial charge in [-0.3, -0.25) is 0 Å². The van der Waals surface area contributed by atoms with Gasteiger partial charge in [-0.15, -0.1) is 0 Å². The fourth-order valence-electron chi connectivity index (χ4n) is 1.27. The van der Waals surface area contributed by atoms with Crippen molar-refractivity contribution in [2.45, 2.75) is 32.2 Å². The van der Waals surface area contributed by atoms with Crippen LogP contribution in [0.2, 0.25) is 0 Å². The van der Waals surface area contributed by atoms with Crippen molar-refractivity contribution in [1.29, 1.82) is 0 Å². The maximum absolute atomic E-state index is 8.65. The SMILES string of the molecule is COCCOCCCNC(C)CCCO. The van der Waals surface area contributed by atoms with Gasteiger partial charge >= 0.3 is 0 Å². The van der Waals surface area contributed by atoms with Crippen molar-refractivity contribution in [2.24, 2.45) is 0 Å². The molecule has 0 saturated carbocycles. The zero-order chi connectivity index (χ0) is 11.4. The van der Waals surface area contributed by atoms with Crippen molar-refractivity contribution in [3.05, 3.63) is 0 Å². The molecule has 0 spiro atoms. The molecule has 0 rings (SSSR count). The van der Waals surface area contributed by atoms with Gasteiger partial charge in [0.1, 0.15) is 0 Å². The second-order valence-electron chi connectivity index (χ2n) is 3.68. The van der Waals surface area contributed by atoms with E-state index in [1.165, 1.54) is 0 Å². The second kappa shape index (κ2) is 11.9. The summed E-state index contributed by atoms with van der Waals surface area (Å²) in [5.74, 6) is 0. The Labute approximate surface area is 93.0 Å². The van der Waals surface area contributed by atoms with Gasteiger partial charge in [0, 0.05) is 26.4 Å². The van der Waals surface area contributed by atoms with Crippen LogP contribution < -0.4 is 5.32 Å². The number of nitrogens with one attached hydrogen (secondary N) is 1. The summed E-state index contributed by atoms with van der Waals surface area (Å²) in [7, 11) is 1.67. The molecule has 0 aliphatic heterocycles. The van der Waals surface area contributed by atoms with Crippen LogP contribution in [0.25, 0.3) is 0 Å². The molecule has 1 unspecified atom stereocenters. The Bertz CT molecular complexity index is 122. The molecular formula is C11H25NO3. The monoisotopic (exact) mass is 219 g/mol. The third kappa shape index (κ3) is 11.8. The van der Waals surface area contributed by atoms with Crippen LogP contribution in [0.15, 0.2) is 0 Å². The molecule has 0 radical (unpaired) electrons. The van der Waals surface area contributed by atoms with E-state index in [0.717, 1.165) is 32.4 Å². The number of ether oxygens (including phenoxy) is 2. The summed E-state index contributed by atoms with van der Waals surface area (Å²) in [5, 5.41) is 12.0. The third-order valence-electron chi connectivity index (χ3n) is 2.19. The lowest BCUT2D eigenvalue weighted by atomic mass is 10.2. The first kappa shape index (κ1) is 14.8. The normalized spacial score (nSPS) is 13.0. The number of methoxy groups -OCH3 is 1. The van der Waals surface area contributed by atoms with Crippen LogP contribution in [-0.2, 0) is 9.47 Å². The molecule has 0 aliphatic carbocycles. The molecule has 0 aliphatic rings. The molecule has 0 amide bonds. The van der Waals surface area contributed by atoms with E-state index < -0.39 is 0 Å². The van der Waals surface area contributed by atoms with Crippen LogP contribution in [0.5, 0.6) is 0 Å². The Kier molecular flexibility index (Phi) is 11.8.